The fourth-order valence-corrected chi connectivity index (χ4v) is 2.52. The number of likely N-dealkylation sites (N-methyl/N-ethyl adjacent to an activating group) is 1. The van der Waals surface area contributed by atoms with E-state index < -0.39 is 24.2 Å². The standard InChI is InChI=1S/C16H19ClFN3O4/c1-16(6-7-18)14(23)21(15(24)19-16)10-4-5-12(11(17)8-10)25-9-13(22)20(2)3/h4-5,8H,6-7,9H2,1-3H3,(H,19,24). The molecule has 0 radical (unpaired) electrons. The van der Waals surface area contributed by atoms with E-state index in [0.717, 1.165) is 4.90 Å². The van der Waals surface area contributed by atoms with Gasteiger partial charge in [-0.15, -0.1) is 0 Å². The second-order valence-corrected chi connectivity index (χ2v) is 6.44. The molecule has 1 aromatic carbocycles. The number of alkyl halides is 1. The highest BCUT2D eigenvalue weighted by atomic mass is 35.5. The summed E-state index contributed by atoms with van der Waals surface area (Å²) >= 11 is 6.12. The zero-order valence-corrected chi connectivity index (χ0v) is 14.9. The van der Waals surface area contributed by atoms with E-state index in [-0.39, 0.29) is 35.4 Å². The summed E-state index contributed by atoms with van der Waals surface area (Å²) in [6.07, 6.45) is -0.115. The minimum atomic E-state index is -1.29. The highest BCUT2D eigenvalue weighted by molar-refractivity contribution is 6.33. The number of nitrogens with zero attached hydrogens (tertiary/aromatic N) is 2. The molecule has 0 bridgehead atoms. The monoisotopic (exact) mass is 371 g/mol. The number of carbonyl (C=O) groups excluding carboxylic acids is 3. The Morgan fingerprint density at radius 3 is 2.64 bits per heavy atom. The Morgan fingerprint density at radius 1 is 1.40 bits per heavy atom. The Morgan fingerprint density at radius 2 is 2.08 bits per heavy atom. The summed E-state index contributed by atoms with van der Waals surface area (Å²) in [5.74, 6) is -0.543. The quantitative estimate of drug-likeness (QED) is 0.775. The van der Waals surface area contributed by atoms with Gasteiger partial charge >= 0.3 is 6.03 Å². The first kappa shape index (κ1) is 19.0. The van der Waals surface area contributed by atoms with Crippen molar-refractivity contribution in [1.29, 1.82) is 0 Å². The second kappa shape index (κ2) is 7.26. The van der Waals surface area contributed by atoms with Gasteiger partial charge in [0.2, 0.25) is 0 Å². The smallest absolute Gasteiger partial charge is 0.329 e. The molecule has 1 aliphatic heterocycles. The molecular formula is C16H19ClFN3O4. The van der Waals surface area contributed by atoms with Crippen LogP contribution in [0.5, 0.6) is 5.75 Å². The molecule has 0 spiro atoms. The molecule has 4 amide bonds. The summed E-state index contributed by atoms with van der Waals surface area (Å²) in [5.41, 5.74) is -1.05. The molecule has 0 saturated carbocycles. The lowest BCUT2D eigenvalue weighted by Gasteiger charge is -2.20. The van der Waals surface area contributed by atoms with Crippen molar-refractivity contribution in [3.8, 4) is 5.75 Å². The van der Waals surface area contributed by atoms with Crippen LogP contribution in [-0.4, -0.2) is 55.7 Å². The first-order chi connectivity index (χ1) is 11.7. The number of nitrogens with one attached hydrogen (secondary N) is 1. The van der Waals surface area contributed by atoms with Crippen LogP contribution in [0.15, 0.2) is 18.2 Å². The summed E-state index contributed by atoms with van der Waals surface area (Å²) < 4.78 is 18.0. The number of halogens is 2. The molecular weight excluding hydrogens is 353 g/mol. The minimum absolute atomic E-state index is 0.115. The lowest BCUT2D eigenvalue weighted by molar-refractivity contribution is -0.130. The molecule has 1 N–H and O–H groups in total. The Labute approximate surface area is 149 Å². The first-order valence-electron chi connectivity index (χ1n) is 7.55. The Hall–Kier alpha value is -2.35. The number of anilines is 1. The fraction of sp³-hybridized carbons (Fsp3) is 0.438. The normalized spacial score (nSPS) is 19.8. The van der Waals surface area contributed by atoms with Gasteiger partial charge in [-0.25, -0.2) is 9.69 Å². The fourth-order valence-electron chi connectivity index (χ4n) is 2.29. The summed E-state index contributed by atoms with van der Waals surface area (Å²) in [6.45, 7) is 0.548. The van der Waals surface area contributed by atoms with Gasteiger partial charge in [0, 0.05) is 20.5 Å². The summed E-state index contributed by atoms with van der Waals surface area (Å²) in [4.78, 5) is 38.4. The molecule has 1 fully saturated rings. The third-order valence-electron chi connectivity index (χ3n) is 3.88. The van der Waals surface area contributed by atoms with Gasteiger partial charge in [-0.2, -0.15) is 0 Å². The van der Waals surface area contributed by atoms with Crippen molar-refractivity contribution >= 4 is 35.1 Å². The summed E-state index contributed by atoms with van der Waals surface area (Å²) in [7, 11) is 3.20. The first-order valence-corrected chi connectivity index (χ1v) is 7.92. The van der Waals surface area contributed by atoms with E-state index in [2.05, 4.69) is 5.32 Å². The zero-order chi connectivity index (χ0) is 18.8. The van der Waals surface area contributed by atoms with Gasteiger partial charge in [-0.1, -0.05) is 11.6 Å². The zero-order valence-electron chi connectivity index (χ0n) is 14.1. The molecule has 1 aromatic rings. The van der Waals surface area contributed by atoms with Crippen molar-refractivity contribution in [2.75, 3.05) is 32.3 Å². The van der Waals surface area contributed by atoms with Gasteiger partial charge in [-0.3, -0.25) is 14.0 Å². The predicted octanol–water partition coefficient (Wildman–Crippen LogP) is 1.98. The van der Waals surface area contributed by atoms with Crippen molar-refractivity contribution in [2.24, 2.45) is 0 Å². The van der Waals surface area contributed by atoms with Crippen LogP contribution in [0.3, 0.4) is 0 Å². The maximum Gasteiger partial charge on any atom is 0.329 e. The molecule has 7 nitrogen and oxygen atoms in total. The van der Waals surface area contributed by atoms with Crippen LogP contribution >= 0.6 is 11.6 Å². The summed E-state index contributed by atoms with van der Waals surface area (Å²) in [5, 5.41) is 2.63. The average Bonchev–Trinajstić information content (AvgIpc) is 2.75. The number of carbonyl (C=O) groups is 3. The van der Waals surface area contributed by atoms with Crippen LogP contribution in [0.2, 0.25) is 5.02 Å². The molecule has 9 heteroatoms. The van der Waals surface area contributed by atoms with E-state index >= 15 is 0 Å². The maximum atomic E-state index is 12.7. The molecule has 136 valence electrons. The predicted molar refractivity (Wildman–Crippen MR) is 90.7 cm³/mol. The van der Waals surface area contributed by atoms with Gasteiger partial charge in [0.25, 0.3) is 11.8 Å². The lowest BCUT2D eigenvalue weighted by Crippen LogP contribution is -2.44. The molecule has 1 unspecified atom stereocenters. The molecule has 1 atom stereocenters. The summed E-state index contributed by atoms with van der Waals surface area (Å²) in [6, 6.07) is 3.68. The van der Waals surface area contributed by atoms with E-state index in [4.69, 9.17) is 16.3 Å². The highest BCUT2D eigenvalue weighted by Gasteiger charge is 2.48. The topological polar surface area (TPSA) is 79.0 Å². The van der Waals surface area contributed by atoms with Crippen LogP contribution < -0.4 is 15.0 Å². The van der Waals surface area contributed by atoms with Crippen LogP contribution in [0.1, 0.15) is 13.3 Å². The molecule has 2 rings (SSSR count). The van der Waals surface area contributed by atoms with E-state index in [9.17, 15) is 18.8 Å². The number of hydrogen-bond donors (Lipinski definition) is 1. The molecule has 0 aliphatic carbocycles. The number of urea groups is 1. The number of benzene rings is 1. The van der Waals surface area contributed by atoms with Crippen molar-refractivity contribution < 1.29 is 23.5 Å². The molecule has 1 saturated heterocycles. The Kier molecular flexibility index (Phi) is 5.52. The van der Waals surface area contributed by atoms with Crippen LogP contribution in [0, 0.1) is 0 Å². The molecule has 0 aromatic heterocycles. The third-order valence-corrected chi connectivity index (χ3v) is 4.17. The van der Waals surface area contributed by atoms with Crippen LogP contribution in [0.4, 0.5) is 14.9 Å². The third kappa shape index (κ3) is 3.84. The number of rotatable bonds is 6. The lowest BCUT2D eigenvalue weighted by atomic mass is 9.99. The van der Waals surface area contributed by atoms with E-state index in [1.54, 1.807) is 14.1 Å². The molecule has 25 heavy (non-hydrogen) atoms. The van der Waals surface area contributed by atoms with Gasteiger partial charge in [0.05, 0.1) is 17.4 Å². The van der Waals surface area contributed by atoms with Crippen molar-refractivity contribution in [3.05, 3.63) is 23.2 Å². The van der Waals surface area contributed by atoms with Gasteiger partial charge in [0.1, 0.15) is 11.3 Å². The Balaban J connectivity index is 2.19. The van der Waals surface area contributed by atoms with Gasteiger partial charge in [-0.05, 0) is 25.1 Å². The van der Waals surface area contributed by atoms with Crippen LogP contribution in [-0.2, 0) is 9.59 Å². The van der Waals surface area contributed by atoms with E-state index in [1.807, 2.05) is 0 Å². The van der Waals surface area contributed by atoms with Gasteiger partial charge in [0.15, 0.2) is 6.61 Å². The number of imide groups is 1. The van der Waals surface area contributed by atoms with Crippen molar-refractivity contribution in [1.82, 2.24) is 10.2 Å². The largest absolute Gasteiger partial charge is 0.482 e. The average molecular weight is 372 g/mol. The number of amides is 4. The van der Waals surface area contributed by atoms with Crippen molar-refractivity contribution in [3.63, 3.8) is 0 Å². The molecule has 1 heterocycles. The molecule has 1 aliphatic rings. The van der Waals surface area contributed by atoms with Crippen LogP contribution in [0.25, 0.3) is 0 Å². The Bertz CT molecular complexity index is 713. The van der Waals surface area contributed by atoms with Gasteiger partial charge < -0.3 is 15.0 Å². The SMILES string of the molecule is CN(C)C(=O)COc1ccc(N2C(=O)NC(C)(CCF)C2=O)cc1Cl. The highest BCUT2D eigenvalue weighted by Crippen LogP contribution is 2.33. The number of ether oxygens (including phenoxy) is 1. The van der Waals surface area contributed by atoms with E-state index in [1.165, 1.54) is 30.0 Å². The van der Waals surface area contributed by atoms with E-state index in [0.29, 0.717) is 0 Å². The number of hydrogen-bond acceptors (Lipinski definition) is 4. The maximum absolute atomic E-state index is 12.7. The minimum Gasteiger partial charge on any atom is -0.482 e. The second-order valence-electron chi connectivity index (χ2n) is 6.03. The van der Waals surface area contributed by atoms with Crippen molar-refractivity contribution in [2.45, 2.75) is 18.9 Å².